The number of rotatable bonds is 3. The van der Waals surface area contributed by atoms with Gasteiger partial charge in [-0.25, -0.2) is 0 Å². The molecule has 0 radical (unpaired) electrons. The summed E-state index contributed by atoms with van der Waals surface area (Å²) in [4.78, 5) is 4.46. The molecule has 1 fully saturated rings. The highest BCUT2D eigenvalue weighted by molar-refractivity contribution is 5.79. The van der Waals surface area contributed by atoms with Gasteiger partial charge in [-0.1, -0.05) is 38.0 Å². The first-order valence-electron chi connectivity index (χ1n) is 7.36. The van der Waals surface area contributed by atoms with E-state index in [0.717, 1.165) is 22.6 Å². The lowest BCUT2D eigenvalue weighted by Gasteiger charge is -2.28. The van der Waals surface area contributed by atoms with Crippen LogP contribution in [0.2, 0.25) is 0 Å². The third kappa shape index (κ3) is 2.89. The molecule has 19 heavy (non-hydrogen) atoms. The van der Waals surface area contributed by atoms with Crippen LogP contribution >= 0.6 is 0 Å². The molecular formula is C17H21NO. The fraction of sp³-hybridized carbons (Fsp3) is 0.471. The molecule has 0 saturated heterocycles. The Morgan fingerprint density at radius 1 is 1.26 bits per heavy atom. The molecule has 1 aliphatic carbocycles. The monoisotopic (exact) mass is 255 g/mol. The molecule has 1 aliphatic rings. The molecule has 1 saturated carbocycles. The average Bonchev–Trinajstić information content (AvgIpc) is 2.47. The highest BCUT2D eigenvalue weighted by Crippen LogP contribution is 2.30. The fourth-order valence-corrected chi connectivity index (χ4v) is 3.03. The molecule has 0 amide bonds. The van der Waals surface area contributed by atoms with Crippen LogP contribution in [0.4, 0.5) is 0 Å². The van der Waals surface area contributed by atoms with Crippen LogP contribution in [0, 0.1) is 5.92 Å². The van der Waals surface area contributed by atoms with Gasteiger partial charge in [0.05, 0.1) is 17.8 Å². The number of para-hydroxylation sites is 1. The maximum atomic E-state index is 6.13. The first-order chi connectivity index (χ1) is 9.35. The van der Waals surface area contributed by atoms with E-state index in [1.54, 1.807) is 0 Å². The van der Waals surface area contributed by atoms with Crippen LogP contribution in [0.5, 0.6) is 5.75 Å². The van der Waals surface area contributed by atoms with E-state index in [9.17, 15) is 0 Å². The van der Waals surface area contributed by atoms with Crippen LogP contribution in [0.1, 0.15) is 39.0 Å². The Balaban J connectivity index is 1.74. The van der Waals surface area contributed by atoms with Crippen LogP contribution in [0.3, 0.4) is 0 Å². The number of pyridine rings is 1. The molecule has 1 aromatic carbocycles. The van der Waals surface area contributed by atoms with E-state index in [-0.39, 0.29) is 0 Å². The molecule has 2 unspecified atom stereocenters. The summed E-state index contributed by atoms with van der Waals surface area (Å²) in [5.74, 6) is 1.76. The summed E-state index contributed by atoms with van der Waals surface area (Å²) in [6, 6.07) is 10.3. The van der Waals surface area contributed by atoms with Crippen molar-refractivity contribution < 1.29 is 4.74 Å². The van der Waals surface area contributed by atoms with E-state index in [2.05, 4.69) is 24.0 Å². The summed E-state index contributed by atoms with van der Waals surface area (Å²) in [6.45, 7) is 2.28. The Kier molecular flexibility index (Phi) is 3.67. The zero-order valence-corrected chi connectivity index (χ0v) is 11.5. The Hall–Kier alpha value is -1.57. The molecular weight excluding hydrogens is 234 g/mol. The van der Waals surface area contributed by atoms with Crippen molar-refractivity contribution in [3.05, 3.63) is 36.5 Å². The van der Waals surface area contributed by atoms with Crippen LogP contribution in [-0.4, -0.2) is 11.1 Å². The van der Waals surface area contributed by atoms with Crippen molar-refractivity contribution in [2.45, 2.75) is 45.1 Å². The summed E-state index contributed by atoms with van der Waals surface area (Å²) in [7, 11) is 0. The van der Waals surface area contributed by atoms with Gasteiger partial charge >= 0.3 is 0 Å². The minimum atomic E-state index is 0.377. The van der Waals surface area contributed by atoms with Gasteiger partial charge in [-0.3, -0.25) is 4.98 Å². The molecule has 1 aromatic heterocycles. The van der Waals surface area contributed by atoms with Gasteiger partial charge in [-0.15, -0.1) is 0 Å². The summed E-state index contributed by atoms with van der Waals surface area (Å²) < 4.78 is 6.13. The standard InChI is InChI=1S/C17H21NO/c1-2-13-6-5-8-15(10-13)19-16-11-14-7-3-4-9-17(14)18-12-16/h3-4,7,9,11-13,15H,2,5-6,8,10H2,1H3. The van der Waals surface area contributed by atoms with Gasteiger partial charge in [-0.2, -0.15) is 0 Å². The lowest BCUT2D eigenvalue weighted by Crippen LogP contribution is -2.25. The zero-order chi connectivity index (χ0) is 13.1. The summed E-state index contributed by atoms with van der Waals surface area (Å²) in [5, 5.41) is 1.16. The number of hydrogen-bond acceptors (Lipinski definition) is 2. The fourth-order valence-electron chi connectivity index (χ4n) is 3.03. The van der Waals surface area contributed by atoms with Crippen molar-refractivity contribution in [3.63, 3.8) is 0 Å². The van der Waals surface area contributed by atoms with E-state index in [4.69, 9.17) is 4.74 Å². The van der Waals surface area contributed by atoms with Gasteiger partial charge in [0.2, 0.25) is 0 Å². The van der Waals surface area contributed by atoms with Crippen molar-refractivity contribution in [1.82, 2.24) is 4.98 Å². The number of benzene rings is 1. The predicted molar refractivity (Wildman–Crippen MR) is 78.4 cm³/mol. The quantitative estimate of drug-likeness (QED) is 0.800. The molecule has 2 atom stereocenters. The maximum absolute atomic E-state index is 6.13. The van der Waals surface area contributed by atoms with Crippen LogP contribution in [0.25, 0.3) is 10.9 Å². The third-order valence-electron chi connectivity index (χ3n) is 4.18. The molecule has 0 N–H and O–H groups in total. The van der Waals surface area contributed by atoms with Crippen molar-refractivity contribution in [2.75, 3.05) is 0 Å². The van der Waals surface area contributed by atoms with Gasteiger partial charge in [0.25, 0.3) is 0 Å². The van der Waals surface area contributed by atoms with Crippen LogP contribution < -0.4 is 4.74 Å². The average molecular weight is 255 g/mol. The number of ether oxygens (including phenoxy) is 1. The summed E-state index contributed by atoms with van der Waals surface area (Å²) >= 11 is 0. The minimum absolute atomic E-state index is 0.377. The summed E-state index contributed by atoms with van der Waals surface area (Å²) in [6.07, 6.45) is 8.55. The van der Waals surface area contributed by atoms with E-state index in [0.29, 0.717) is 6.10 Å². The lowest BCUT2D eigenvalue weighted by atomic mass is 9.85. The second-order valence-corrected chi connectivity index (χ2v) is 5.54. The van der Waals surface area contributed by atoms with Gasteiger partial charge in [0.1, 0.15) is 5.75 Å². The Bertz CT molecular complexity index is 552. The number of nitrogens with zero attached hydrogens (tertiary/aromatic N) is 1. The van der Waals surface area contributed by atoms with Crippen molar-refractivity contribution in [2.24, 2.45) is 5.92 Å². The number of aromatic nitrogens is 1. The molecule has 0 aliphatic heterocycles. The molecule has 1 heterocycles. The van der Waals surface area contributed by atoms with Gasteiger partial charge in [-0.05, 0) is 37.3 Å². The molecule has 2 heteroatoms. The zero-order valence-electron chi connectivity index (χ0n) is 11.5. The second-order valence-electron chi connectivity index (χ2n) is 5.54. The van der Waals surface area contributed by atoms with Gasteiger partial charge in [0, 0.05) is 5.39 Å². The Morgan fingerprint density at radius 3 is 3.05 bits per heavy atom. The smallest absolute Gasteiger partial charge is 0.138 e. The Labute approximate surface area is 114 Å². The van der Waals surface area contributed by atoms with Crippen LogP contribution in [0.15, 0.2) is 36.5 Å². The Morgan fingerprint density at radius 2 is 2.16 bits per heavy atom. The predicted octanol–water partition coefficient (Wildman–Crippen LogP) is 4.58. The molecule has 2 aromatic rings. The molecule has 100 valence electrons. The normalized spacial score (nSPS) is 23.4. The van der Waals surface area contributed by atoms with Crippen LogP contribution in [-0.2, 0) is 0 Å². The van der Waals surface area contributed by atoms with Crippen molar-refractivity contribution in [1.29, 1.82) is 0 Å². The topological polar surface area (TPSA) is 22.1 Å². The largest absolute Gasteiger partial charge is 0.489 e. The molecule has 0 bridgehead atoms. The first-order valence-corrected chi connectivity index (χ1v) is 7.36. The maximum Gasteiger partial charge on any atom is 0.138 e. The lowest BCUT2D eigenvalue weighted by molar-refractivity contribution is 0.122. The highest BCUT2D eigenvalue weighted by atomic mass is 16.5. The molecule has 3 rings (SSSR count). The van der Waals surface area contributed by atoms with Crippen molar-refractivity contribution in [3.8, 4) is 5.75 Å². The SMILES string of the molecule is CCC1CCCC(Oc2cnc3ccccc3c2)C1. The third-order valence-corrected chi connectivity index (χ3v) is 4.18. The molecule has 0 spiro atoms. The van der Waals surface area contributed by atoms with E-state index < -0.39 is 0 Å². The van der Waals surface area contributed by atoms with E-state index in [1.165, 1.54) is 32.1 Å². The van der Waals surface area contributed by atoms with Crippen molar-refractivity contribution >= 4 is 10.9 Å². The van der Waals surface area contributed by atoms with E-state index >= 15 is 0 Å². The number of hydrogen-bond donors (Lipinski definition) is 0. The highest BCUT2D eigenvalue weighted by Gasteiger charge is 2.22. The minimum Gasteiger partial charge on any atom is -0.489 e. The van der Waals surface area contributed by atoms with Gasteiger partial charge in [0.15, 0.2) is 0 Å². The second kappa shape index (κ2) is 5.60. The van der Waals surface area contributed by atoms with Gasteiger partial charge < -0.3 is 4.74 Å². The summed E-state index contributed by atoms with van der Waals surface area (Å²) in [5.41, 5.74) is 1.03. The van der Waals surface area contributed by atoms with E-state index in [1.807, 2.05) is 24.4 Å². The first kappa shape index (κ1) is 12.5. The number of fused-ring (bicyclic) bond motifs is 1. The molecule has 2 nitrogen and oxygen atoms in total.